The van der Waals surface area contributed by atoms with Gasteiger partial charge in [-0.3, -0.25) is 14.2 Å². The van der Waals surface area contributed by atoms with Gasteiger partial charge in [-0.15, -0.1) is 0 Å². The fourth-order valence-electron chi connectivity index (χ4n) is 3.68. The first-order valence-electron chi connectivity index (χ1n) is 9.41. The molecule has 4 heterocycles. The van der Waals surface area contributed by atoms with Gasteiger partial charge in [0.15, 0.2) is 10.3 Å². The summed E-state index contributed by atoms with van der Waals surface area (Å²) in [7, 11) is 0. The SMILES string of the molecule is Cc1cc(=O)n2c(n1)SCC2CC(=O)Nc1ccccc1-c1cn2c(n1)SCC2. The molecule has 2 aromatic heterocycles. The Morgan fingerprint density at radius 2 is 2.10 bits per heavy atom. The number of hydrogen-bond donors (Lipinski definition) is 1. The molecule has 3 aromatic rings. The average Bonchev–Trinajstić information content (AvgIpc) is 3.37. The number of benzene rings is 1. The van der Waals surface area contributed by atoms with Crippen molar-refractivity contribution >= 4 is 35.1 Å². The Balaban J connectivity index is 1.36. The summed E-state index contributed by atoms with van der Waals surface area (Å²) in [6.45, 7) is 2.77. The average molecular weight is 426 g/mol. The van der Waals surface area contributed by atoms with Crippen LogP contribution >= 0.6 is 23.5 Å². The van der Waals surface area contributed by atoms with Gasteiger partial charge in [0.25, 0.3) is 5.56 Å². The molecule has 1 aromatic carbocycles. The van der Waals surface area contributed by atoms with Crippen molar-refractivity contribution in [2.75, 3.05) is 16.8 Å². The number of nitrogens with zero attached hydrogens (tertiary/aromatic N) is 4. The van der Waals surface area contributed by atoms with Crippen LogP contribution < -0.4 is 10.9 Å². The van der Waals surface area contributed by atoms with Gasteiger partial charge in [0, 0.05) is 48.0 Å². The number of fused-ring (bicyclic) bond motifs is 2. The predicted octanol–water partition coefficient (Wildman–Crippen LogP) is 3.20. The molecule has 7 nitrogen and oxygen atoms in total. The molecule has 0 radical (unpaired) electrons. The largest absolute Gasteiger partial charge is 0.325 e. The van der Waals surface area contributed by atoms with Crippen LogP contribution in [0, 0.1) is 6.92 Å². The van der Waals surface area contributed by atoms with E-state index in [4.69, 9.17) is 4.98 Å². The van der Waals surface area contributed by atoms with E-state index in [2.05, 4.69) is 14.9 Å². The third-order valence-electron chi connectivity index (χ3n) is 5.02. The molecule has 0 fully saturated rings. The highest BCUT2D eigenvalue weighted by Crippen LogP contribution is 2.34. The maximum atomic E-state index is 12.8. The van der Waals surface area contributed by atoms with Gasteiger partial charge in [0.05, 0.1) is 17.4 Å². The van der Waals surface area contributed by atoms with E-state index in [-0.39, 0.29) is 23.9 Å². The minimum Gasteiger partial charge on any atom is -0.325 e. The number of para-hydroxylation sites is 1. The first kappa shape index (κ1) is 18.5. The van der Waals surface area contributed by atoms with Crippen LogP contribution in [0.15, 0.2) is 51.6 Å². The zero-order chi connectivity index (χ0) is 20.0. The molecule has 0 saturated heterocycles. The summed E-state index contributed by atoms with van der Waals surface area (Å²) in [5.41, 5.74) is 3.11. The highest BCUT2D eigenvalue weighted by molar-refractivity contribution is 7.99. The molecule has 0 spiro atoms. The number of aromatic nitrogens is 4. The highest BCUT2D eigenvalue weighted by Gasteiger charge is 2.27. The van der Waals surface area contributed by atoms with E-state index in [1.807, 2.05) is 37.4 Å². The molecule has 0 aliphatic carbocycles. The number of carbonyl (C=O) groups is 1. The minimum absolute atomic E-state index is 0.0966. The molecule has 2 aliphatic heterocycles. The van der Waals surface area contributed by atoms with E-state index in [0.717, 1.165) is 34.4 Å². The number of aryl methyl sites for hydroxylation is 2. The van der Waals surface area contributed by atoms with Crippen LogP contribution in [0.4, 0.5) is 5.69 Å². The van der Waals surface area contributed by atoms with Crippen molar-refractivity contribution in [3.05, 3.63) is 52.6 Å². The van der Waals surface area contributed by atoms with Gasteiger partial charge in [0.2, 0.25) is 5.91 Å². The smallest absolute Gasteiger partial charge is 0.254 e. The van der Waals surface area contributed by atoms with Crippen molar-refractivity contribution < 1.29 is 4.79 Å². The number of thioether (sulfide) groups is 2. The van der Waals surface area contributed by atoms with E-state index >= 15 is 0 Å². The Kier molecular flexibility index (Phi) is 4.71. The molecule has 0 bridgehead atoms. The Morgan fingerprint density at radius 3 is 2.97 bits per heavy atom. The number of amides is 1. The lowest BCUT2D eigenvalue weighted by Gasteiger charge is -2.14. The molecule has 1 amide bonds. The Morgan fingerprint density at radius 1 is 1.24 bits per heavy atom. The van der Waals surface area contributed by atoms with Crippen molar-refractivity contribution in [2.45, 2.75) is 36.2 Å². The summed E-state index contributed by atoms with van der Waals surface area (Å²) in [6.07, 6.45) is 2.27. The highest BCUT2D eigenvalue weighted by atomic mass is 32.2. The summed E-state index contributed by atoms with van der Waals surface area (Å²) in [6, 6.07) is 9.03. The van der Waals surface area contributed by atoms with Crippen LogP contribution in [0.2, 0.25) is 0 Å². The number of imidazole rings is 1. The molecule has 1 atom stereocenters. The van der Waals surface area contributed by atoms with E-state index in [0.29, 0.717) is 16.6 Å². The zero-order valence-corrected chi connectivity index (χ0v) is 17.4. The summed E-state index contributed by atoms with van der Waals surface area (Å²) < 4.78 is 3.78. The van der Waals surface area contributed by atoms with Crippen molar-refractivity contribution in [1.82, 2.24) is 19.1 Å². The molecule has 5 rings (SSSR count). The minimum atomic E-state index is -0.185. The normalized spacial score (nSPS) is 17.2. The van der Waals surface area contributed by atoms with E-state index < -0.39 is 0 Å². The fraction of sp³-hybridized carbons (Fsp3) is 0.300. The zero-order valence-electron chi connectivity index (χ0n) is 15.8. The second kappa shape index (κ2) is 7.38. The Bertz CT molecular complexity index is 1150. The summed E-state index contributed by atoms with van der Waals surface area (Å²) in [5, 5.41) is 4.73. The monoisotopic (exact) mass is 425 g/mol. The van der Waals surface area contributed by atoms with Gasteiger partial charge >= 0.3 is 0 Å². The van der Waals surface area contributed by atoms with Crippen LogP contribution in [-0.2, 0) is 11.3 Å². The number of carbonyl (C=O) groups excluding carboxylic acids is 1. The standard InChI is InChI=1S/C20H19N5O2S2/c1-12-8-18(27)25-13(11-29-20(25)21-12)9-17(26)22-15-5-3-2-4-14(15)16-10-24-6-7-28-19(24)23-16/h2-5,8,10,13H,6-7,9,11H2,1H3,(H,22,26). The van der Waals surface area contributed by atoms with Gasteiger partial charge in [-0.25, -0.2) is 9.97 Å². The van der Waals surface area contributed by atoms with Gasteiger partial charge in [-0.05, 0) is 13.0 Å². The Labute approximate surface area is 175 Å². The molecular weight excluding hydrogens is 406 g/mol. The lowest BCUT2D eigenvalue weighted by atomic mass is 10.1. The lowest BCUT2D eigenvalue weighted by molar-refractivity contribution is -0.116. The van der Waals surface area contributed by atoms with E-state index in [9.17, 15) is 9.59 Å². The summed E-state index contributed by atoms with van der Waals surface area (Å²) in [4.78, 5) is 34.3. The van der Waals surface area contributed by atoms with Gasteiger partial charge in [-0.1, -0.05) is 41.7 Å². The second-order valence-corrected chi connectivity index (χ2v) is 9.15. The molecular formula is C20H19N5O2S2. The van der Waals surface area contributed by atoms with Crippen LogP contribution in [0.5, 0.6) is 0 Å². The van der Waals surface area contributed by atoms with E-state index in [1.165, 1.54) is 17.8 Å². The summed E-state index contributed by atoms with van der Waals surface area (Å²) >= 11 is 3.27. The van der Waals surface area contributed by atoms with Gasteiger partial charge in [-0.2, -0.15) is 0 Å². The lowest BCUT2D eigenvalue weighted by Crippen LogP contribution is -2.27. The van der Waals surface area contributed by atoms with Crippen molar-refractivity contribution in [3.63, 3.8) is 0 Å². The molecule has 148 valence electrons. The quantitative estimate of drug-likeness (QED) is 0.647. The van der Waals surface area contributed by atoms with Gasteiger partial charge in [0.1, 0.15) is 0 Å². The van der Waals surface area contributed by atoms with Crippen molar-refractivity contribution in [3.8, 4) is 11.3 Å². The number of anilines is 1. The molecule has 1 unspecified atom stereocenters. The molecule has 9 heteroatoms. The topological polar surface area (TPSA) is 81.8 Å². The number of rotatable bonds is 4. The third-order valence-corrected chi connectivity index (χ3v) is 7.09. The van der Waals surface area contributed by atoms with Crippen LogP contribution in [0.1, 0.15) is 18.2 Å². The summed E-state index contributed by atoms with van der Waals surface area (Å²) in [5.74, 6) is 1.60. The Hall–Kier alpha value is -2.52. The fourth-order valence-corrected chi connectivity index (χ4v) is 5.82. The first-order valence-corrected chi connectivity index (χ1v) is 11.4. The van der Waals surface area contributed by atoms with Gasteiger partial charge < -0.3 is 9.88 Å². The van der Waals surface area contributed by atoms with E-state index in [1.54, 1.807) is 16.3 Å². The molecule has 1 N–H and O–H groups in total. The second-order valence-electron chi connectivity index (χ2n) is 7.10. The van der Waals surface area contributed by atoms with Crippen LogP contribution in [0.3, 0.4) is 0 Å². The molecule has 29 heavy (non-hydrogen) atoms. The molecule has 0 saturated carbocycles. The predicted molar refractivity (Wildman–Crippen MR) is 115 cm³/mol. The first-order chi connectivity index (χ1) is 14.1. The number of nitrogens with one attached hydrogen (secondary N) is 1. The van der Waals surface area contributed by atoms with Crippen molar-refractivity contribution in [2.24, 2.45) is 0 Å². The van der Waals surface area contributed by atoms with Crippen LogP contribution in [0.25, 0.3) is 11.3 Å². The third kappa shape index (κ3) is 3.49. The van der Waals surface area contributed by atoms with Crippen molar-refractivity contribution in [1.29, 1.82) is 0 Å². The number of hydrogen-bond acceptors (Lipinski definition) is 6. The maximum Gasteiger partial charge on any atom is 0.254 e. The maximum absolute atomic E-state index is 12.8. The van der Waals surface area contributed by atoms with Crippen LogP contribution in [-0.4, -0.2) is 36.5 Å². The molecule has 2 aliphatic rings.